The van der Waals surface area contributed by atoms with Crippen molar-refractivity contribution in [1.82, 2.24) is 20.1 Å². The molecule has 0 aliphatic carbocycles. The Morgan fingerprint density at radius 3 is 2.71 bits per heavy atom. The topological polar surface area (TPSA) is 59.8 Å². The van der Waals surface area contributed by atoms with Gasteiger partial charge in [-0.3, -0.25) is 4.79 Å². The summed E-state index contributed by atoms with van der Waals surface area (Å²) < 4.78 is 1.69. The van der Waals surface area contributed by atoms with E-state index >= 15 is 0 Å². The van der Waals surface area contributed by atoms with Crippen LogP contribution >= 0.6 is 11.6 Å². The number of carbonyl (C=O) groups is 1. The first-order chi connectivity index (χ1) is 6.50. The van der Waals surface area contributed by atoms with Crippen molar-refractivity contribution in [3.05, 3.63) is 11.1 Å². The molecule has 1 atom stereocenters. The molecule has 0 saturated carbocycles. The minimum atomic E-state index is -0.0502. The van der Waals surface area contributed by atoms with Crippen molar-refractivity contribution in [3.63, 3.8) is 0 Å². The summed E-state index contributed by atoms with van der Waals surface area (Å²) in [6, 6.07) is 0.0338. The maximum Gasteiger partial charge on any atom is 0.224 e. The molecule has 6 heteroatoms. The molecule has 1 rings (SSSR count). The number of amides is 1. The van der Waals surface area contributed by atoms with Crippen LogP contribution in [0.2, 0.25) is 5.28 Å². The van der Waals surface area contributed by atoms with Gasteiger partial charge < -0.3 is 9.88 Å². The second-order valence-corrected chi connectivity index (χ2v) is 3.59. The van der Waals surface area contributed by atoms with Gasteiger partial charge in [-0.15, -0.1) is 10.2 Å². The van der Waals surface area contributed by atoms with Gasteiger partial charge in [-0.25, -0.2) is 0 Å². The van der Waals surface area contributed by atoms with Crippen LogP contribution in [-0.2, 0) is 18.3 Å². The second-order valence-electron chi connectivity index (χ2n) is 3.25. The van der Waals surface area contributed by atoms with E-state index in [0.717, 1.165) is 5.82 Å². The Labute approximate surface area is 87.5 Å². The maximum absolute atomic E-state index is 10.8. The highest BCUT2D eigenvalue weighted by Crippen LogP contribution is 2.06. The fourth-order valence-electron chi connectivity index (χ4n) is 1.19. The predicted molar refractivity (Wildman–Crippen MR) is 53.0 cm³/mol. The molecule has 1 unspecified atom stereocenters. The van der Waals surface area contributed by atoms with Gasteiger partial charge in [-0.2, -0.15) is 0 Å². The van der Waals surface area contributed by atoms with Crippen LogP contribution in [0.5, 0.6) is 0 Å². The summed E-state index contributed by atoms with van der Waals surface area (Å²) in [5.74, 6) is 0.710. The highest BCUT2D eigenvalue weighted by molar-refractivity contribution is 6.28. The summed E-state index contributed by atoms with van der Waals surface area (Å²) in [6.45, 7) is 3.39. The zero-order valence-corrected chi connectivity index (χ0v) is 9.17. The van der Waals surface area contributed by atoms with Crippen LogP contribution in [0.15, 0.2) is 0 Å². The predicted octanol–water partition coefficient (Wildman–Crippen LogP) is 0.536. The third-order valence-electron chi connectivity index (χ3n) is 1.85. The smallest absolute Gasteiger partial charge is 0.224 e. The van der Waals surface area contributed by atoms with Gasteiger partial charge in [0.2, 0.25) is 11.2 Å². The molecule has 0 radical (unpaired) electrons. The number of nitrogens with one attached hydrogen (secondary N) is 1. The number of hydrogen-bond acceptors (Lipinski definition) is 3. The lowest BCUT2D eigenvalue weighted by Crippen LogP contribution is -2.32. The van der Waals surface area contributed by atoms with Gasteiger partial charge in [0.05, 0.1) is 0 Å². The summed E-state index contributed by atoms with van der Waals surface area (Å²) in [5, 5.41) is 10.7. The lowest BCUT2D eigenvalue weighted by molar-refractivity contribution is -0.119. The Morgan fingerprint density at radius 2 is 2.29 bits per heavy atom. The van der Waals surface area contributed by atoms with Crippen LogP contribution in [0.3, 0.4) is 0 Å². The standard InChI is InChI=1S/C8H13ClN4O/c1-5(10-6(2)14)4-7-11-12-8(9)13(7)3/h5H,4H2,1-3H3,(H,10,14). The van der Waals surface area contributed by atoms with Gasteiger partial charge in [0, 0.05) is 26.4 Å². The Balaban J connectivity index is 2.60. The molecule has 1 amide bonds. The van der Waals surface area contributed by atoms with E-state index in [1.54, 1.807) is 11.6 Å². The summed E-state index contributed by atoms with van der Waals surface area (Å²) in [4.78, 5) is 10.8. The SMILES string of the molecule is CC(=O)NC(C)Cc1nnc(Cl)n1C. The van der Waals surface area contributed by atoms with Crippen LogP contribution in [0.4, 0.5) is 0 Å². The van der Waals surface area contributed by atoms with Crippen molar-refractivity contribution in [2.24, 2.45) is 7.05 Å². The molecule has 78 valence electrons. The van der Waals surface area contributed by atoms with E-state index in [2.05, 4.69) is 15.5 Å². The van der Waals surface area contributed by atoms with Gasteiger partial charge in [0.1, 0.15) is 5.82 Å². The van der Waals surface area contributed by atoms with Crippen molar-refractivity contribution in [1.29, 1.82) is 0 Å². The van der Waals surface area contributed by atoms with Crippen molar-refractivity contribution in [3.8, 4) is 0 Å². The highest BCUT2D eigenvalue weighted by atomic mass is 35.5. The van der Waals surface area contributed by atoms with E-state index in [1.807, 2.05) is 6.92 Å². The average molecular weight is 217 g/mol. The first-order valence-corrected chi connectivity index (χ1v) is 4.69. The first-order valence-electron chi connectivity index (χ1n) is 4.31. The molecule has 5 nitrogen and oxygen atoms in total. The van der Waals surface area contributed by atoms with E-state index < -0.39 is 0 Å². The molecule has 1 N–H and O–H groups in total. The van der Waals surface area contributed by atoms with Gasteiger partial charge >= 0.3 is 0 Å². The van der Waals surface area contributed by atoms with E-state index in [0.29, 0.717) is 11.7 Å². The average Bonchev–Trinajstić information content (AvgIpc) is 2.34. The lowest BCUT2D eigenvalue weighted by Gasteiger charge is -2.11. The zero-order chi connectivity index (χ0) is 10.7. The van der Waals surface area contributed by atoms with E-state index in [4.69, 9.17) is 11.6 Å². The highest BCUT2D eigenvalue weighted by Gasteiger charge is 2.11. The summed E-state index contributed by atoms with van der Waals surface area (Å²) in [6.07, 6.45) is 0.621. The van der Waals surface area contributed by atoms with Crippen molar-refractivity contribution < 1.29 is 4.79 Å². The molecular formula is C8H13ClN4O. The second kappa shape index (κ2) is 4.41. The lowest BCUT2D eigenvalue weighted by atomic mass is 10.2. The van der Waals surface area contributed by atoms with Gasteiger partial charge in [-0.05, 0) is 18.5 Å². The maximum atomic E-state index is 10.8. The van der Waals surface area contributed by atoms with Gasteiger partial charge in [-0.1, -0.05) is 0 Å². The Hall–Kier alpha value is -1.10. The molecule has 14 heavy (non-hydrogen) atoms. The Kier molecular flexibility index (Phi) is 3.46. The van der Waals surface area contributed by atoms with Crippen LogP contribution in [0, 0.1) is 0 Å². The van der Waals surface area contributed by atoms with Crippen LogP contribution in [0.1, 0.15) is 19.7 Å². The number of halogens is 1. The molecule has 0 aliphatic heterocycles. The molecule has 0 aromatic carbocycles. The summed E-state index contributed by atoms with van der Waals surface area (Å²) in [5.41, 5.74) is 0. The zero-order valence-electron chi connectivity index (χ0n) is 8.41. The number of rotatable bonds is 3. The third kappa shape index (κ3) is 2.70. The Morgan fingerprint density at radius 1 is 1.64 bits per heavy atom. The summed E-state index contributed by atoms with van der Waals surface area (Å²) in [7, 11) is 1.79. The number of aromatic nitrogens is 3. The summed E-state index contributed by atoms with van der Waals surface area (Å²) >= 11 is 5.72. The molecule has 1 aromatic rings. The molecular weight excluding hydrogens is 204 g/mol. The number of nitrogens with zero attached hydrogens (tertiary/aromatic N) is 3. The van der Waals surface area contributed by atoms with Crippen molar-refractivity contribution >= 4 is 17.5 Å². The van der Waals surface area contributed by atoms with E-state index in [1.165, 1.54) is 6.92 Å². The van der Waals surface area contributed by atoms with Crippen LogP contribution in [0.25, 0.3) is 0 Å². The molecule has 0 fully saturated rings. The Bertz CT molecular complexity index is 336. The van der Waals surface area contributed by atoms with Crippen molar-refractivity contribution in [2.45, 2.75) is 26.3 Å². The molecule has 1 aromatic heterocycles. The molecule has 1 heterocycles. The third-order valence-corrected chi connectivity index (χ3v) is 2.18. The molecule has 0 aliphatic rings. The van der Waals surface area contributed by atoms with Gasteiger partial charge in [0.15, 0.2) is 0 Å². The van der Waals surface area contributed by atoms with Crippen molar-refractivity contribution in [2.75, 3.05) is 0 Å². The largest absolute Gasteiger partial charge is 0.353 e. The quantitative estimate of drug-likeness (QED) is 0.802. The normalized spacial score (nSPS) is 12.6. The number of carbonyl (C=O) groups excluding carboxylic acids is 1. The molecule has 0 spiro atoms. The fraction of sp³-hybridized carbons (Fsp3) is 0.625. The molecule has 0 bridgehead atoms. The van der Waals surface area contributed by atoms with E-state index in [-0.39, 0.29) is 11.9 Å². The monoisotopic (exact) mass is 216 g/mol. The number of hydrogen-bond donors (Lipinski definition) is 1. The fourth-order valence-corrected chi connectivity index (χ4v) is 1.32. The molecule has 0 saturated heterocycles. The van der Waals surface area contributed by atoms with E-state index in [9.17, 15) is 4.79 Å². The minimum Gasteiger partial charge on any atom is -0.353 e. The van der Waals surface area contributed by atoms with Crippen LogP contribution in [-0.4, -0.2) is 26.7 Å². The minimum absolute atomic E-state index is 0.0338. The van der Waals surface area contributed by atoms with Crippen LogP contribution < -0.4 is 5.32 Å². The first kappa shape index (κ1) is 11.0. The van der Waals surface area contributed by atoms with Gasteiger partial charge in [0.25, 0.3) is 0 Å².